The molecule has 152 valence electrons. The van der Waals surface area contributed by atoms with E-state index < -0.39 is 0 Å². The molecule has 2 aliphatic rings. The highest BCUT2D eigenvalue weighted by Gasteiger charge is 2.33. The Morgan fingerprint density at radius 3 is 2.38 bits per heavy atom. The molecular formula is C24H28N2O3. The minimum Gasteiger partial charge on any atom is -0.497 e. The number of carbonyl (C=O) groups is 2. The smallest absolute Gasteiger partial charge is 0.230 e. The van der Waals surface area contributed by atoms with Crippen molar-refractivity contribution in [2.75, 3.05) is 23.9 Å². The van der Waals surface area contributed by atoms with Crippen LogP contribution in [0.2, 0.25) is 0 Å². The molecule has 1 heterocycles. The number of aryl methyl sites for hydroxylation is 1. The standard InChI is InChI=1S/C24H28N2O3/c1-29-21-14-12-20(13-15-21)25-23(27)18-8-10-19(11-9-18)24(28)26-16-4-6-17-5-2-3-7-22(17)26/h2-3,5,7,12-15,18-19H,4,6,8-11,16H2,1H3,(H,25,27). The fourth-order valence-electron chi connectivity index (χ4n) is 4.50. The van der Waals surface area contributed by atoms with E-state index in [1.807, 2.05) is 41.3 Å². The predicted octanol–water partition coefficient (Wildman–Crippen LogP) is 4.42. The molecule has 29 heavy (non-hydrogen) atoms. The molecule has 4 rings (SSSR count). The van der Waals surface area contributed by atoms with Crippen LogP contribution >= 0.6 is 0 Å². The zero-order valence-electron chi connectivity index (χ0n) is 16.9. The molecule has 1 fully saturated rings. The lowest BCUT2D eigenvalue weighted by atomic mass is 9.80. The lowest BCUT2D eigenvalue weighted by molar-refractivity contribution is -0.126. The number of nitrogens with one attached hydrogen (secondary N) is 1. The molecule has 0 saturated heterocycles. The Morgan fingerprint density at radius 2 is 1.66 bits per heavy atom. The molecule has 1 aliphatic carbocycles. The van der Waals surface area contributed by atoms with Crippen LogP contribution in [0.4, 0.5) is 11.4 Å². The van der Waals surface area contributed by atoms with Crippen LogP contribution < -0.4 is 15.0 Å². The topological polar surface area (TPSA) is 58.6 Å². The van der Waals surface area contributed by atoms with Crippen LogP contribution in [-0.2, 0) is 16.0 Å². The van der Waals surface area contributed by atoms with Crippen molar-refractivity contribution in [3.8, 4) is 5.75 Å². The van der Waals surface area contributed by atoms with Gasteiger partial charge in [-0.05, 0) is 74.4 Å². The summed E-state index contributed by atoms with van der Waals surface area (Å²) in [6, 6.07) is 15.6. The Hall–Kier alpha value is -2.82. The van der Waals surface area contributed by atoms with Crippen LogP contribution in [0.15, 0.2) is 48.5 Å². The second kappa shape index (κ2) is 8.68. The largest absolute Gasteiger partial charge is 0.497 e. The summed E-state index contributed by atoms with van der Waals surface area (Å²) in [5.74, 6) is 1.03. The molecule has 0 atom stereocenters. The van der Waals surface area contributed by atoms with E-state index >= 15 is 0 Å². The fraction of sp³-hybridized carbons (Fsp3) is 0.417. The lowest BCUT2D eigenvalue weighted by Crippen LogP contribution is -2.41. The Bertz CT molecular complexity index is 870. The van der Waals surface area contributed by atoms with Crippen LogP contribution in [0.5, 0.6) is 5.75 Å². The average Bonchev–Trinajstić information content (AvgIpc) is 2.79. The van der Waals surface area contributed by atoms with Crippen molar-refractivity contribution in [1.29, 1.82) is 0 Å². The van der Waals surface area contributed by atoms with Crippen LogP contribution in [0.1, 0.15) is 37.7 Å². The van der Waals surface area contributed by atoms with Gasteiger partial charge in [-0.15, -0.1) is 0 Å². The summed E-state index contributed by atoms with van der Waals surface area (Å²) in [4.78, 5) is 27.8. The molecule has 0 radical (unpaired) electrons. The summed E-state index contributed by atoms with van der Waals surface area (Å²) in [6.45, 7) is 0.799. The highest BCUT2D eigenvalue weighted by molar-refractivity contribution is 5.97. The van der Waals surface area contributed by atoms with Crippen molar-refractivity contribution in [2.45, 2.75) is 38.5 Å². The van der Waals surface area contributed by atoms with E-state index in [9.17, 15) is 9.59 Å². The van der Waals surface area contributed by atoms with Crippen molar-refractivity contribution in [3.63, 3.8) is 0 Å². The van der Waals surface area contributed by atoms with E-state index in [0.29, 0.717) is 0 Å². The van der Waals surface area contributed by atoms with Gasteiger partial charge in [0.15, 0.2) is 0 Å². The predicted molar refractivity (Wildman–Crippen MR) is 114 cm³/mol. The average molecular weight is 392 g/mol. The van der Waals surface area contributed by atoms with E-state index in [4.69, 9.17) is 4.74 Å². The lowest BCUT2D eigenvalue weighted by Gasteiger charge is -2.34. The zero-order valence-corrected chi connectivity index (χ0v) is 16.9. The molecule has 5 heteroatoms. The molecule has 1 N–H and O–H groups in total. The number of para-hydroxylation sites is 1. The summed E-state index contributed by atoms with van der Waals surface area (Å²) < 4.78 is 5.15. The number of anilines is 2. The number of rotatable bonds is 4. The minimum atomic E-state index is -0.0326. The Morgan fingerprint density at radius 1 is 0.966 bits per heavy atom. The second-order valence-electron chi connectivity index (χ2n) is 7.99. The highest BCUT2D eigenvalue weighted by atomic mass is 16.5. The van der Waals surface area contributed by atoms with Gasteiger partial charge >= 0.3 is 0 Å². The van der Waals surface area contributed by atoms with E-state index in [1.54, 1.807) is 7.11 Å². The first-order valence-electron chi connectivity index (χ1n) is 10.5. The number of ether oxygens (including phenoxy) is 1. The number of fused-ring (bicyclic) bond motifs is 1. The van der Waals surface area contributed by atoms with Gasteiger partial charge in [-0.2, -0.15) is 0 Å². The van der Waals surface area contributed by atoms with Crippen molar-refractivity contribution in [1.82, 2.24) is 0 Å². The number of methoxy groups -OCH3 is 1. The first-order chi connectivity index (χ1) is 14.2. The molecule has 2 amide bonds. The molecular weight excluding hydrogens is 364 g/mol. The summed E-state index contributed by atoms with van der Waals surface area (Å²) in [7, 11) is 1.62. The van der Waals surface area contributed by atoms with Gasteiger partial charge in [0, 0.05) is 29.8 Å². The Kier molecular flexibility index (Phi) is 5.84. The Balaban J connectivity index is 1.33. The van der Waals surface area contributed by atoms with E-state index in [0.717, 1.165) is 62.2 Å². The third kappa shape index (κ3) is 4.29. The van der Waals surface area contributed by atoms with Crippen molar-refractivity contribution >= 4 is 23.2 Å². The van der Waals surface area contributed by atoms with Gasteiger partial charge in [0.25, 0.3) is 0 Å². The molecule has 1 saturated carbocycles. The van der Waals surface area contributed by atoms with Crippen molar-refractivity contribution in [3.05, 3.63) is 54.1 Å². The molecule has 0 bridgehead atoms. The molecule has 5 nitrogen and oxygen atoms in total. The highest BCUT2D eigenvalue weighted by Crippen LogP contribution is 2.34. The summed E-state index contributed by atoms with van der Waals surface area (Å²) in [6.07, 6.45) is 5.12. The zero-order chi connectivity index (χ0) is 20.2. The van der Waals surface area contributed by atoms with Crippen LogP contribution in [-0.4, -0.2) is 25.5 Å². The molecule has 2 aromatic rings. The number of hydrogen-bond acceptors (Lipinski definition) is 3. The maximum Gasteiger partial charge on any atom is 0.230 e. The SMILES string of the molecule is COc1ccc(NC(=O)C2CCC(C(=O)N3CCCc4ccccc43)CC2)cc1. The van der Waals surface area contributed by atoms with E-state index in [-0.39, 0.29) is 23.7 Å². The Labute approximate surface area is 172 Å². The third-order valence-electron chi connectivity index (χ3n) is 6.18. The van der Waals surface area contributed by atoms with E-state index in [1.165, 1.54) is 5.56 Å². The molecule has 1 aliphatic heterocycles. The monoisotopic (exact) mass is 392 g/mol. The minimum absolute atomic E-state index is 0.0196. The van der Waals surface area contributed by atoms with Crippen molar-refractivity contribution in [2.24, 2.45) is 11.8 Å². The van der Waals surface area contributed by atoms with Crippen molar-refractivity contribution < 1.29 is 14.3 Å². The second-order valence-corrected chi connectivity index (χ2v) is 7.99. The van der Waals surface area contributed by atoms with Crippen LogP contribution in [0.25, 0.3) is 0 Å². The maximum atomic E-state index is 13.2. The summed E-state index contributed by atoms with van der Waals surface area (Å²) in [5, 5.41) is 2.99. The number of carbonyl (C=O) groups excluding carboxylic acids is 2. The molecule has 0 unspecified atom stereocenters. The van der Waals surface area contributed by atoms with Gasteiger partial charge < -0.3 is 15.0 Å². The van der Waals surface area contributed by atoms with E-state index in [2.05, 4.69) is 17.4 Å². The number of benzene rings is 2. The van der Waals surface area contributed by atoms with Gasteiger partial charge in [0.2, 0.25) is 11.8 Å². The van der Waals surface area contributed by atoms with Gasteiger partial charge in [0.05, 0.1) is 7.11 Å². The van der Waals surface area contributed by atoms with Gasteiger partial charge in [0.1, 0.15) is 5.75 Å². The van der Waals surface area contributed by atoms with Gasteiger partial charge in [-0.1, -0.05) is 18.2 Å². The van der Waals surface area contributed by atoms with Crippen LogP contribution in [0, 0.1) is 11.8 Å². The number of amides is 2. The third-order valence-corrected chi connectivity index (χ3v) is 6.18. The fourth-order valence-corrected chi connectivity index (χ4v) is 4.50. The molecule has 0 spiro atoms. The number of hydrogen-bond donors (Lipinski definition) is 1. The molecule has 0 aromatic heterocycles. The van der Waals surface area contributed by atoms with Crippen LogP contribution in [0.3, 0.4) is 0 Å². The van der Waals surface area contributed by atoms with Gasteiger partial charge in [-0.25, -0.2) is 0 Å². The number of nitrogens with zero attached hydrogens (tertiary/aromatic N) is 1. The normalized spacial score (nSPS) is 21.2. The maximum absolute atomic E-state index is 13.2. The first-order valence-corrected chi connectivity index (χ1v) is 10.5. The summed E-state index contributed by atoms with van der Waals surface area (Å²) in [5.41, 5.74) is 3.11. The van der Waals surface area contributed by atoms with Gasteiger partial charge in [-0.3, -0.25) is 9.59 Å². The quantitative estimate of drug-likeness (QED) is 0.838. The first kappa shape index (κ1) is 19.5. The molecule has 2 aromatic carbocycles. The summed E-state index contributed by atoms with van der Waals surface area (Å²) >= 11 is 0.